The Morgan fingerprint density at radius 1 is 1.22 bits per heavy atom. The lowest BCUT2D eigenvalue weighted by Crippen LogP contribution is -2.47. The van der Waals surface area contributed by atoms with Crippen LogP contribution in [0.5, 0.6) is 0 Å². The van der Waals surface area contributed by atoms with Crippen LogP contribution in [0.25, 0.3) is 11.0 Å². The molecule has 2 heterocycles. The first-order valence-electron chi connectivity index (χ1n) is 9.94. The molecule has 1 aliphatic heterocycles. The summed E-state index contributed by atoms with van der Waals surface area (Å²) < 4.78 is 45.1. The molecule has 0 amide bonds. The van der Waals surface area contributed by atoms with Crippen molar-refractivity contribution in [3.8, 4) is 6.07 Å². The second-order valence-electron chi connectivity index (χ2n) is 7.74. The number of carbonyl (C=O) groups is 1. The quantitative estimate of drug-likeness (QED) is 0.609. The third kappa shape index (κ3) is 4.11. The van der Waals surface area contributed by atoms with Crippen LogP contribution in [-0.2, 0) is 16.1 Å². The van der Waals surface area contributed by atoms with Gasteiger partial charge in [-0.05, 0) is 29.8 Å². The summed E-state index contributed by atoms with van der Waals surface area (Å²) in [7, 11) is 0. The standard InChI is InChI=1S/C22H20F3N5O2/c23-22(24,25)19(31)32-21(13-27)9-10-29(14-21)20-28-17-3-1-2-4-18(17)30(20)12-16-7-5-15(11-26)6-8-16/h1-8H,9-10,12-14,27H2/t21-/m1/s1. The molecule has 166 valence electrons. The van der Waals surface area contributed by atoms with Gasteiger partial charge in [-0.25, -0.2) is 9.78 Å². The Kier molecular flexibility index (Phi) is 5.52. The summed E-state index contributed by atoms with van der Waals surface area (Å²) in [5.41, 5.74) is 7.36. The van der Waals surface area contributed by atoms with Gasteiger partial charge in [0.05, 0.1) is 35.8 Å². The van der Waals surface area contributed by atoms with Crippen molar-refractivity contribution < 1.29 is 22.7 Å². The number of fused-ring (bicyclic) bond motifs is 1. The van der Waals surface area contributed by atoms with Gasteiger partial charge in [0.15, 0.2) is 0 Å². The third-order valence-electron chi connectivity index (χ3n) is 5.57. The van der Waals surface area contributed by atoms with Crippen LogP contribution in [0.4, 0.5) is 19.1 Å². The van der Waals surface area contributed by atoms with Crippen molar-refractivity contribution in [1.82, 2.24) is 9.55 Å². The Balaban J connectivity index is 1.66. The molecule has 2 N–H and O–H groups in total. The Morgan fingerprint density at radius 3 is 2.59 bits per heavy atom. The maximum atomic E-state index is 12.8. The molecule has 0 spiro atoms. The molecule has 1 atom stereocenters. The summed E-state index contributed by atoms with van der Waals surface area (Å²) >= 11 is 0. The van der Waals surface area contributed by atoms with Gasteiger partial charge in [-0.2, -0.15) is 18.4 Å². The van der Waals surface area contributed by atoms with Crippen molar-refractivity contribution in [2.75, 3.05) is 24.5 Å². The van der Waals surface area contributed by atoms with E-state index < -0.39 is 17.7 Å². The smallest absolute Gasteiger partial charge is 0.449 e. The summed E-state index contributed by atoms with van der Waals surface area (Å²) in [6.07, 6.45) is -4.93. The van der Waals surface area contributed by atoms with Gasteiger partial charge in [0.2, 0.25) is 5.95 Å². The number of nitrogens with zero attached hydrogens (tertiary/aromatic N) is 4. The zero-order valence-corrected chi connectivity index (χ0v) is 17.0. The van der Waals surface area contributed by atoms with E-state index in [1.54, 1.807) is 17.0 Å². The molecule has 10 heteroatoms. The predicted octanol–water partition coefficient (Wildman–Crippen LogP) is 2.97. The van der Waals surface area contributed by atoms with Crippen LogP contribution in [0.15, 0.2) is 48.5 Å². The number of nitrogens with two attached hydrogens (primary N) is 1. The van der Waals surface area contributed by atoms with Crippen molar-refractivity contribution in [2.24, 2.45) is 5.73 Å². The van der Waals surface area contributed by atoms with E-state index in [-0.39, 0.29) is 19.5 Å². The maximum Gasteiger partial charge on any atom is 0.490 e. The first-order valence-corrected chi connectivity index (χ1v) is 9.94. The van der Waals surface area contributed by atoms with E-state index in [2.05, 4.69) is 11.1 Å². The monoisotopic (exact) mass is 443 g/mol. The van der Waals surface area contributed by atoms with E-state index in [0.29, 0.717) is 24.6 Å². The topological polar surface area (TPSA) is 97.2 Å². The first-order chi connectivity index (χ1) is 15.2. The molecule has 3 aromatic rings. The summed E-state index contributed by atoms with van der Waals surface area (Å²) in [4.78, 5) is 17.9. The molecule has 1 fully saturated rings. The van der Waals surface area contributed by atoms with Gasteiger partial charge in [-0.3, -0.25) is 0 Å². The number of rotatable bonds is 5. The normalized spacial score (nSPS) is 18.7. The van der Waals surface area contributed by atoms with Crippen LogP contribution >= 0.6 is 0 Å². The fourth-order valence-corrected chi connectivity index (χ4v) is 3.89. The summed E-state index contributed by atoms with van der Waals surface area (Å²) in [6, 6.07) is 16.7. The number of benzene rings is 2. The van der Waals surface area contributed by atoms with E-state index >= 15 is 0 Å². The number of aromatic nitrogens is 2. The summed E-state index contributed by atoms with van der Waals surface area (Å²) in [6.45, 7) is 0.540. The second kappa shape index (κ2) is 8.16. The number of hydrogen-bond acceptors (Lipinski definition) is 6. The molecule has 0 bridgehead atoms. The van der Waals surface area contributed by atoms with Crippen molar-refractivity contribution in [3.63, 3.8) is 0 Å². The average molecular weight is 443 g/mol. The van der Waals surface area contributed by atoms with E-state index in [1.807, 2.05) is 41.0 Å². The minimum Gasteiger partial charge on any atom is -0.449 e. The molecule has 0 radical (unpaired) electrons. The molecule has 7 nitrogen and oxygen atoms in total. The minimum atomic E-state index is -5.08. The lowest BCUT2D eigenvalue weighted by Gasteiger charge is -2.28. The Labute approximate surface area is 181 Å². The zero-order chi connectivity index (χ0) is 22.9. The van der Waals surface area contributed by atoms with Crippen molar-refractivity contribution in [2.45, 2.75) is 24.7 Å². The average Bonchev–Trinajstić information content (AvgIpc) is 3.36. The Morgan fingerprint density at radius 2 is 1.94 bits per heavy atom. The largest absolute Gasteiger partial charge is 0.490 e. The maximum absolute atomic E-state index is 12.8. The van der Waals surface area contributed by atoms with Crippen LogP contribution in [0.2, 0.25) is 0 Å². The van der Waals surface area contributed by atoms with Gasteiger partial charge >= 0.3 is 12.1 Å². The number of nitriles is 1. The van der Waals surface area contributed by atoms with Crippen LogP contribution in [0, 0.1) is 11.3 Å². The fourth-order valence-electron chi connectivity index (χ4n) is 3.89. The van der Waals surface area contributed by atoms with Gasteiger partial charge in [0.1, 0.15) is 5.60 Å². The summed E-state index contributed by atoms with van der Waals surface area (Å²) in [5.74, 6) is -1.69. The SMILES string of the molecule is N#Cc1ccc(Cn2c(N3CC[C@](CN)(OC(=O)C(F)(F)F)C3)nc3ccccc32)cc1. The van der Waals surface area contributed by atoms with Gasteiger partial charge in [-0.1, -0.05) is 24.3 Å². The van der Waals surface area contributed by atoms with Crippen molar-refractivity contribution >= 4 is 23.0 Å². The number of hydrogen-bond donors (Lipinski definition) is 1. The van der Waals surface area contributed by atoms with Crippen LogP contribution < -0.4 is 10.6 Å². The molecule has 4 rings (SSSR count). The lowest BCUT2D eigenvalue weighted by atomic mass is 10.0. The minimum absolute atomic E-state index is 0.00200. The first kappa shape index (κ1) is 21.6. The highest BCUT2D eigenvalue weighted by Gasteiger charge is 2.49. The number of esters is 1. The molecule has 1 aromatic heterocycles. The number of para-hydroxylation sites is 2. The predicted molar refractivity (Wildman–Crippen MR) is 111 cm³/mol. The number of imidazole rings is 1. The molecular formula is C22H20F3N5O2. The molecule has 0 unspecified atom stereocenters. The molecular weight excluding hydrogens is 423 g/mol. The molecule has 0 aliphatic carbocycles. The Bertz CT molecular complexity index is 1180. The van der Waals surface area contributed by atoms with E-state index in [9.17, 15) is 18.0 Å². The van der Waals surface area contributed by atoms with Crippen molar-refractivity contribution in [3.05, 3.63) is 59.7 Å². The van der Waals surface area contributed by atoms with Gasteiger partial charge in [-0.15, -0.1) is 0 Å². The fraction of sp³-hybridized carbons (Fsp3) is 0.318. The van der Waals surface area contributed by atoms with Crippen LogP contribution in [0.3, 0.4) is 0 Å². The van der Waals surface area contributed by atoms with E-state index in [0.717, 1.165) is 16.6 Å². The highest BCUT2D eigenvalue weighted by molar-refractivity contribution is 5.79. The third-order valence-corrected chi connectivity index (χ3v) is 5.57. The van der Waals surface area contributed by atoms with E-state index in [1.165, 1.54) is 0 Å². The van der Waals surface area contributed by atoms with Gasteiger partial charge in [0.25, 0.3) is 0 Å². The number of anilines is 1. The number of ether oxygens (including phenoxy) is 1. The number of alkyl halides is 3. The molecule has 1 saturated heterocycles. The lowest BCUT2D eigenvalue weighted by molar-refractivity contribution is -0.211. The zero-order valence-electron chi connectivity index (χ0n) is 17.0. The van der Waals surface area contributed by atoms with Gasteiger partial charge in [0, 0.05) is 19.5 Å². The Hall–Kier alpha value is -3.58. The number of halogens is 3. The summed E-state index contributed by atoms with van der Waals surface area (Å²) in [5, 5.41) is 9.01. The van der Waals surface area contributed by atoms with Crippen molar-refractivity contribution in [1.29, 1.82) is 5.26 Å². The van der Waals surface area contributed by atoms with Crippen LogP contribution in [0.1, 0.15) is 17.5 Å². The van der Waals surface area contributed by atoms with Crippen LogP contribution in [-0.4, -0.2) is 46.9 Å². The van der Waals surface area contributed by atoms with Gasteiger partial charge < -0.3 is 19.9 Å². The number of carbonyl (C=O) groups excluding carboxylic acids is 1. The molecule has 1 aliphatic rings. The molecule has 2 aromatic carbocycles. The highest BCUT2D eigenvalue weighted by atomic mass is 19.4. The molecule has 32 heavy (non-hydrogen) atoms. The van der Waals surface area contributed by atoms with E-state index in [4.69, 9.17) is 15.7 Å². The highest BCUT2D eigenvalue weighted by Crippen LogP contribution is 2.33. The second-order valence-corrected chi connectivity index (χ2v) is 7.74. The molecule has 0 saturated carbocycles.